The predicted molar refractivity (Wildman–Crippen MR) is 88.4 cm³/mol. The molecule has 0 bridgehead atoms. The Morgan fingerprint density at radius 3 is 2.70 bits per heavy atom. The third-order valence-electron chi connectivity index (χ3n) is 4.52. The number of hydrogen-bond acceptors (Lipinski definition) is 2. The summed E-state index contributed by atoms with van der Waals surface area (Å²) < 4.78 is 0. The number of hydrogen-bond donors (Lipinski definition) is 1. The van der Waals surface area contributed by atoms with E-state index in [9.17, 15) is 0 Å². The summed E-state index contributed by atoms with van der Waals surface area (Å²) in [5.74, 6) is 0. The quantitative estimate of drug-likeness (QED) is 0.888. The third-order valence-corrected chi connectivity index (χ3v) is 4.52. The average Bonchev–Trinajstić information content (AvgIpc) is 2.58. The molecule has 0 amide bonds. The van der Waals surface area contributed by atoms with E-state index in [1.165, 1.54) is 49.2 Å². The largest absolute Gasteiger partial charge is 0.371 e. The van der Waals surface area contributed by atoms with Crippen molar-refractivity contribution in [2.45, 2.75) is 53.5 Å². The van der Waals surface area contributed by atoms with Crippen molar-refractivity contribution < 1.29 is 0 Å². The molecule has 112 valence electrons. The Morgan fingerprint density at radius 1 is 1.20 bits per heavy atom. The molecule has 2 heteroatoms. The van der Waals surface area contributed by atoms with Gasteiger partial charge in [0.05, 0.1) is 0 Å². The van der Waals surface area contributed by atoms with E-state index >= 15 is 0 Å². The van der Waals surface area contributed by atoms with Gasteiger partial charge in [0.2, 0.25) is 0 Å². The van der Waals surface area contributed by atoms with Crippen LogP contribution in [0.25, 0.3) is 0 Å². The molecular weight excluding hydrogens is 244 g/mol. The van der Waals surface area contributed by atoms with E-state index in [2.05, 4.69) is 56.1 Å². The first kappa shape index (κ1) is 15.4. The van der Waals surface area contributed by atoms with Crippen LogP contribution in [0.3, 0.4) is 0 Å². The average molecular weight is 274 g/mol. The molecule has 1 aromatic carbocycles. The summed E-state index contributed by atoms with van der Waals surface area (Å²) in [5.41, 5.74) is 4.75. The van der Waals surface area contributed by atoms with Crippen LogP contribution in [0.5, 0.6) is 0 Å². The second-order valence-corrected chi connectivity index (χ2v) is 6.91. The maximum absolute atomic E-state index is 3.40. The second-order valence-electron chi connectivity index (χ2n) is 6.91. The summed E-state index contributed by atoms with van der Waals surface area (Å²) in [7, 11) is 0. The fraction of sp³-hybridized carbons (Fsp3) is 0.667. The van der Waals surface area contributed by atoms with Crippen molar-refractivity contribution in [2.24, 2.45) is 5.41 Å². The van der Waals surface area contributed by atoms with Crippen LogP contribution < -0.4 is 10.2 Å². The van der Waals surface area contributed by atoms with Crippen molar-refractivity contribution in [3.05, 3.63) is 29.3 Å². The molecule has 1 aliphatic rings. The van der Waals surface area contributed by atoms with E-state index in [0.717, 1.165) is 13.1 Å². The van der Waals surface area contributed by atoms with Crippen LogP contribution >= 0.6 is 0 Å². The van der Waals surface area contributed by atoms with E-state index in [-0.39, 0.29) is 0 Å². The molecule has 2 rings (SSSR count). The van der Waals surface area contributed by atoms with Crippen LogP contribution in [0.1, 0.15) is 51.2 Å². The van der Waals surface area contributed by atoms with Gasteiger partial charge in [-0.05, 0) is 55.3 Å². The molecule has 20 heavy (non-hydrogen) atoms. The number of aryl methyl sites for hydroxylation is 1. The lowest BCUT2D eigenvalue weighted by atomic mass is 9.85. The van der Waals surface area contributed by atoms with Gasteiger partial charge in [0.1, 0.15) is 0 Å². The highest BCUT2D eigenvalue weighted by molar-refractivity contribution is 5.54. The first-order chi connectivity index (χ1) is 9.52. The molecule has 0 saturated carbocycles. The molecule has 0 aromatic heterocycles. The first-order valence-electron chi connectivity index (χ1n) is 8.07. The Labute approximate surface area is 124 Å². The number of nitrogens with one attached hydrogen (secondary N) is 1. The molecule has 0 radical (unpaired) electrons. The van der Waals surface area contributed by atoms with E-state index in [0.29, 0.717) is 5.41 Å². The number of benzene rings is 1. The summed E-state index contributed by atoms with van der Waals surface area (Å²) in [4.78, 5) is 2.58. The Balaban J connectivity index is 2.08. The van der Waals surface area contributed by atoms with E-state index < -0.39 is 0 Å². The fourth-order valence-corrected chi connectivity index (χ4v) is 3.12. The zero-order chi connectivity index (χ0) is 14.6. The van der Waals surface area contributed by atoms with E-state index in [1.54, 1.807) is 0 Å². The summed E-state index contributed by atoms with van der Waals surface area (Å²) >= 11 is 0. The number of nitrogens with zero attached hydrogens (tertiary/aromatic N) is 1. The minimum absolute atomic E-state index is 0.508. The Hall–Kier alpha value is -1.02. The van der Waals surface area contributed by atoms with Gasteiger partial charge in [-0.2, -0.15) is 0 Å². The molecule has 1 saturated heterocycles. The van der Waals surface area contributed by atoms with E-state index in [4.69, 9.17) is 0 Å². The summed E-state index contributed by atoms with van der Waals surface area (Å²) in [6.45, 7) is 13.6. The van der Waals surface area contributed by atoms with Crippen molar-refractivity contribution in [2.75, 3.05) is 24.5 Å². The minimum atomic E-state index is 0.508. The standard InChI is InChI=1S/C18H30N2/c1-5-19-14-16-7-8-17(15(2)13-16)20-11-6-9-18(3,4)10-12-20/h7-8,13,19H,5-6,9-12,14H2,1-4H3. The predicted octanol–water partition coefficient (Wildman–Crippen LogP) is 4.12. The molecule has 1 aliphatic heterocycles. The summed E-state index contributed by atoms with van der Waals surface area (Å²) in [5, 5.41) is 3.40. The van der Waals surface area contributed by atoms with Gasteiger partial charge in [0.25, 0.3) is 0 Å². The van der Waals surface area contributed by atoms with Crippen LogP contribution in [-0.2, 0) is 6.54 Å². The normalized spacial score (nSPS) is 18.9. The van der Waals surface area contributed by atoms with Gasteiger partial charge in [0, 0.05) is 25.3 Å². The zero-order valence-electron chi connectivity index (χ0n) is 13.6. The van der Waals surface area contributed by atoms with Crippen molar-refractivity contribution in [1.29, 1.82) is 0 Å². The molecule has 1 fully saturated rings. The maximum atomic E-state index is 3.40. The lowest BCUT2D eigenvalue weighted by Gasteiger charge is -2.26. The number of anilines is 1. The molecule has 0 atom stereocenters. The van der Waals surface area contributed by atoms with Gasteiger partial charge in [-0.1, -0.05) is 32.9 Å². The van der Waals surface area contributed by atoms with Crippen molar-refractivity contribution in [3.8, 4) is 0 Å². The summed E-state index contributed by atoms with van der Waals surface area (Å²) in [6.07, 6.45) is 3.96. The van der Waals surface area contributed by atoms with Crippen LogP contribution in [0.4, 0.5) is 5.69 Å². The molecule has 1 heterocycles. The Morgan fingerprint density at radius 2 is 2.00 bits per heavy atom. The van der Waals surface area contributed by atoms with Crippen LogP contribution in [0, 0.1) is 12.3 Å². The van der Waals surface area contributed by atoms with E-state index in [1.807, 2.05) is 0 Å². The lowest BCUT2D eigenvalue weighted by Crippen LogP contribution is -2.25. The SMILES string of the molecule is CCNCc1ccc(N2CCCC(C)(C)CC2)c(C)c1. The Kier molecular flexibility index (Phi) is 5.09. The van der Waals surface area contributed by atoms with Gasteiger partial charge in [0.15, 0.2) is 0 Å². The molecule has 2 nitrogen and oxygen atoms in total. The van der Waals surface area contributed by atoms with Crippen molar-refractivity contribution in [1.82, 2.24) is 5.32 Å². The van der Waals surface area contributed by atoms with Gasteiger partial charge < -0.3 is 10.2 Å². The zero-order valence-corrected chi connectivity index (χ0v) is 13.6. The molecular formula is C18H30N2. The van der Waals surface area contributed by atoms with Gasteiger partial charge >= 0.3 is 0 Å². The Bertz CT molecular complexity index is 437. The second kappa shape index (κ2) is 6.62. The molecule has 1 N–H and O–H groups in total. The molecule has 0 aliphatic carbocycles. The monoisotopic (exact) mass is 274 g/mol. The third kappa shape index (κ3) is 3.99. The van der Waals surface area contributed by atoms with Crippen LogP contribution in [-0.4, -0.2) is 19.6 Å². The molecule has 1 aromatic rings. The minimum Gasteiger partial charge on any atom is -0.371 e. The highest BCUT2D eigenvalue weighted by Gasteiger charge is 2.23. The highest BCUT2D eigenvalue weighted by Crippen LogP contribution is 2.32. The molecule has 0 spiro atoms. The van der Waals surface area contributed by atoms with Gasteiger partial charge in [-0.25, -0.2) is 0 Å². The topological polar surface area (TPSA) is 15.3 Å². The van der Waals surface area contributed by atoms with Crippen LogP contribution in [0.15, 0.2) is 18.2 Å². The maximum Gasteiger partial charge on any atom is 0.0396 e. The highest BCUT2D eigenvalue weighted by atomic mass is 15.1. The molecule has 0 unspecified atom stereocenters. The van der Waals surface area contributed by atoms with Crippen LogP contribution in [0.2, 0.25) is 0 Å². The smallest absolute Gasteiger partial charge is 0.0396 e. The fourth-order valence-electron chi connectivity index (χ4n) is 3.12. The first-order valence-corrected chi connectivity index (χ1v) is 8.07. The van der Waals surface area contributed by atoms with Gasteiger partial charge in [-0.3, -0.25) is 0 Å². The number of rotatable bonds is 4. The van der Waals surface area contributed by atoms with Gasteiger partial charge in [-0.15, -0.1) is 0 Å². The summed E-state index contributed by atoms with van der Waals surface area (Å²) in [6, 6.07) is 6.94. The lowest BCUT2D eigenvalue weighted by molar-refractivity contribution is 0.325. The van der Waals surface area contributed by atoms with Crippen molar-refractivity contribution in [3.63, 3.8) is 0 Å². The van der Waals surface area contributed by atoms with Crippen molar-refractivity contribution >= 4 is 5.69 Å².